The molecule has 33 heavy (non-hydrogen) atoms. The lowest BCUT2D eigenvalue weighted by molar-refractivity contribution is -0.117. The fraction of sp³-hybridized carbons (Fsp3) is 0.308. The van der Waals surface area contributed by atoms with E-state index in [-0.39, 0.29) is 11.7 Å². The summed E-state index contributed by atoms with van der Waals surface area (Å²) in [6, 6.07) is 19.8. The molecule has 2 aliphatic heterocycles. The number of benzene rings is 2. The van der Waals surface area contributed by atoms with Crippen LogP contribution < -0.4 is 5.73 Å². The first-order valence-corrected chi connectivity index (χ1v) is 11.6. The van der Waals surface area contributed by atoms with E-state index in [1.54, 1.807) is 6.07 Å². The highest BCUT2D eigenvalue weighted by Gasteiger charge is 2.44. The number of carbonyl (C=O) groups is 1. The van der Waals surface area contributed by atoms with Gasteiger partial charge in [0, 0.05) is 35.8 Å². The van der Waals surface area contributed by atoms with E-state index in [0.717, 1.165) is 16.8 Å². The van der Waals surface area contributed by atoms with Crippen LogP contribution in [0.15, 0.2) is 77.3 Å². The molecule has 1 saturated heterocycles. The van der Waals surface area contributed by atoms with Gasteiger partial charge in [0.25, 0.3) is 0 Å². The average molecular weight is 461 g/mol. The number of ether oxygens (including phenoxy) is 1. The summed E-state index contributed by atoms with van der Waals surface area (Å²) in [6.45, 7) is 2.43. The largest absolute Gasteiger partial charge is 0.383 e. The Labute approximate surface area is 198 Å². The van der Waals surface area contributed by atoms with E-state index in [4.69, 9.17) is 22.1 Å². The Morgan fingerprint density at radius 1 is 1.03 bits per heavy atom. The number of hydrazine groups is 1. The highest BCUT2D eigenvalue weighted by Crippen LogP contribution is 2.48. The standard InChI is InChI=1S/C26H25ClN4O2/c27-20-8-4-7-18(13-20)24-21(16-28)26(29)31(30-9-11-33-12-10-30)22-14-19(15-23(32)25(22)24)17-5-2-1-3-6-17/h1-8,13,19,24H,9-12,14-15,29H2. The molecule has 0 amide bonds. The van der Waals surface area contributed by atoms with Crippen molar-refractivity contribution in [3.05, 3.63) is 93.4 Å². The Hall–Kier alpha value is -3.11. The molecule has 2 aromatic carbocycles. The zero-order chi connectivity index (χ0) is 22.9. The van der Waals surface area contributed by atoms with Gasteiger partial charge in [0.1, 0.15) is 5.82 Å². The van der Waals surface area contributed by atoms with Crippen molar-refractivity contribution in [3.63, 3.8) is 0 Å². The summed E-state index contributed by atoms with van der Waals surface area (Å²) in [5.74, 6) is -0.0409. The molecule has 2 aromatic rings. The number of nitrogens with two attached hydrogens (primary N) is 1. The van der Waals surface area contributed by atoms with Crippen LogP contribution in [0.4, 0.5) is 0 Å². The molecule has 0 aromatic heterocycles. The van der Waals surface area contributed by atoms with Crippen LogP contribution in [-0.2, 0) is 9.53 Å². The van der Waals surface area contributed by atoms with Crippen LogP contribution in [0.5, 0.6) is 0 Å². The number of nitriles is 1. The topological polar surface area (TPSA) is 82.6 Å². The van der Waals surface area contributed by atoms with Gasteiger partial charge in [-0.1, -0.05) is 54.1 Å². The van der Waals surface area contributed by atoms with Gasteiger partial charge in [0.15, 0.2) is 5.78 Å². The third-order valence-corrected chi connectivity index (χ3v) is 6.90. The summed E-state index contributed by atoms with van der Waals surface area (Å²) in [5, 5.41) is 14.7. The van der Waals surface area contributed by atoms with Gasteiger partial charge >= 0.3 is 0 Å². The van der Waals surface area contributed by atoms with Crippen LogP contribution in [-0.4, -0.2) is 42.1 Å². The first-order chi connectivity index (χ1) is 16.1. The predicted octanol–water partition coefficient (Wildman–Crippen LogP) is 4.08. The second-order valence-corrected chi connectivity index (χ2v) is 9.01. The summed E-state index contributed by atoms with van der Waals surface area (Å²) in [5.41, 5.74) is 10.5. The Balaban J connectivity index is 1.67. The van der Waals surface area contributed by atoms with Crippen molar-refractivity contribution in [1.82, 2.24) is 10.0 Å². The number of hydrogen-bond acceptors (Lipinski definition) is 6. The van der Waals surface area contributed by atoms with Crippen molar-refractivity contribution < 1.29 is 9.53 Å². The minimum atomic E-state index is -0.523. The molecule has 2 heterocycles. The number of allylic oxidation sites excluding steroid dienone is 3. The van der Waals surface area contributed by atoms with E-state index in [0.29, 0.717) is 61.1 Å². The third-order valence-electron chi connectivity index (χ3n) is 6.66. The van der Waals surface area contributed by atoms with Gasteiger partial charge in [-0.3, -0.25) is 9.80 Å². The number of halogens is 1. The van der Waals surface area contributed by atoms with E-state index in [1.807, 2.05) is 41.4 Å². The zero-order valence-electron chi connectivity index (χ0n) is 18.2. The monoisotopic (exact) mass is 460 g/mol. The third kappa shape index (κ3) is 3.93. The molecule has 5 rings (SSSR count). The lowest BCUT2D eigenvalue weighted by Crippen LogP contribution is -2.52. The van der Waals surface area contributed by atoms with Crippen LogP contribution in [0.3, 0.4) is 0 Å². The number of carbonyl (C=O) groups excluding carboxylic acids is 1. The Bertz CT molecular complexity index is 1180. The van der Waals surface area contributed by atoms with Gasteiger partial charge < -0.3 is 10.5 Å². The van der Waals surface area contributed by atoms with E-state index >= 15 is 0 Å². The van der Waals surface area contributed by atoms with Crippen LogP contribution in [0.2, 0.25) is 5.02 Å². The van der Waals surface area contributed by atoms with Gasteiger partial charge in [-0.05, 0) is 35.6 Å². The molecule has 1 aliphatic carbocycles. The van der Waals surface area contributed by atoms with Gasteiger partial charge in [-0.2, -0.15) is 5.26 Å². The van der Waals surface area contributed by atoms with Crippen molar-refractivity contribution in [2.45, 2.75) is 24.7 Å². The van der Waals surface area contributed by atoms with Crippen molar-refractivity contribution in [2.24, 2.45) is 5.73 Å². The quantitative estimate of drug-likeness (QED) is 0.743. The molecule has 168 valence electrons. The SMILES string of the molecule is N#CC1=C(N)N(N2CCOCC2)C2=C(C(=O)CC(c3ccccc3)C2)C1c1cccc(Cl)c1. The molecular weight excluding hydrogens is 436 g/mol. The molecule has 2 unspecified atom stereocenters. The number of rotatable bonds is 3. The number of ketones is 1. The maximum absolute atomic E-state index is 13.7. The maximum Gasteiger partial charge on any atom is 0.162 e. The van der Waals surface area contributed by atoms with Crippen molar-refractivity contribution in [1.29, 1.82) is 5.26 Å². The van der Waals surface area contributed by atoms with Gasteiger partial charge in [-0.25, -0.2) is 5.01 Å². The molecule has 2 N–H and O–H groups in total. The van der Waals surface area contributed by atoms with E-state index < -0.39 is 5.92 Å². The summed E-state index contributed by atoms with van der Waals surface area (Å²) in [7, 11) is 0. The first kappa shape index (κ1) is 21.7. The summed E-state index contributed by atoms with van der Waals surface area (Å²) in [4.78, 5) is 13.7. The van der Waals surface area contributed by atoms with E-state index in [2.05, 4.69) is 23.2 Å². The molecule has 0 saturated carbocycles. The zero-order valence-corrected chi connectivity index (χ0v) is 19.0. The highest BCUT2D eigenvalue weighted by atomic mass is 35.5. The Kier molecular flexibility index (Phi) is 5.94. The second-order valence-electron chi connectivity index (χ2n) is 8.58. The summed E-state index contributed by atoms with van der Waals surface area (Å²) >= 11 is 6.29. The minimum Gasteiger partial charge on any atom is -0.383 e. The average Bonchev–Trinajstić information content (AvgIpc) is 2.84. The first-order valence-electron chi connectivity index (χ1n) is 11.2. The van der Waals surface area contributed by atoms with Crippen LogP contribution >= 0.6 is 11.6 Å². The van der Waals surface area contributed by atoms with Crippen molar-refractivity contribution >= 4 is 17.4 Å². The predicted molar refractivity (Wildman–Crippen MR) is 126 cm³/mol. The lowest BCUT2D eigenvalue weighted by Gasteiger charge is -2.47. The Morgan fingerprint density at radius 2 is 1.76 bits per heavy atom. The Morgan fingerprint density at radius 3 is 2.45 bits per heavy atom. The van der Waals surface area contributed by atoms with Gasteiger partial charge in [-0.15, -0.1) is 0 Å². The maximum atomic E-state index is 13.7. The van der Waals surface area contributed by atoms with E-state index in [9.17, 15) is 10.1 Å². The summed E-state index contributed by atoms with van der Waals surface area (Å²) in [6.07, 6.45) is 1.06. The minimum absolute atomic E-state index is 0.0496. The summed E-state index contributed by atoms with van der Waals surface area (Å²) < 4.78 is 5.54. The molecule has 2 atom stereocenters. The van der Waals surface area contributed by atoms with Gasteiger partial charge in [0.05, 0.1) is 30.8 Å². The fourth-order valence-electron chi connectivity index (χ4n) is 5.17. The van der Waals surface area contributed by atoms with Crippen molar-refractivity contribution in [2.75, 3.05) is 26.3 Å². The number of Topliss-reactive ketones (excluding diaryl/α,β-unsaturated/α-hetero) is 1. The molecule has 6 nitrogen and oxygen atoms in total. The highest BCUT2D eigenvalue weighted by molar-refractivity contribution is 6.30. The van der Waals surface area contributed by atoms with Crippen molar-refractivity contribution in [3.8, 4) is 6.07 Å². The van der Waals surface area contributed by atoms with Crippen LogP contribution in [0, 0.1) is 11.3 Å². The number of morpholine rings is 1. The molecule has 0 radical (unpaired) electrons. The molecular formula is C26H25ClN4O2. The molecule has 1 fully saturated rings. The molecule has 0 spiro atoms. The molecule has 3 aliphatic rings. The second kappa shape index (κ2) is 9.03. The molecule has 7 heteroatoms. The lowest BCUT2D eigenvalue weighted by atomic mass is 9.72. The fourth-order valence-corrected chi connectivity index (χ4v) is 5.37. The smallest absolute Gasteiger partial charge is 0.162 e. The number of hydrogen-bond donors (Lipinski definition) is 1. The normalized spacial score (nSPS) is 24.0. The van der Waals surface area contributed by atoms with Crippen LogP contribution in [0.25, 0.3) is 0 Å². The van der Waals surface area contributed by atoms with Gasteiger partial charge in [0.2, 0.25) is 0 Å². The van der Waals surface area contributed by atoms with E-state index in [1.165, 1.54) is 0 Å². The van der Waals surface area contributed by atoms with Crippen LogP contribution in [0.1, 0.15) is 35.8 Å². The number of nitrogens with zero attached hydrogens (tertiary/aromatic N) is 3. The molecule has 0 bridgehead atoms.